The smallest absolute Gasteiger partial charge is 0.410 e. The van der Waals surface area contributed by atoms with E-state index in [1.807, 2.05) is 74.2 Å². The predicted molar refractivity (Wildman–Crippen MR) is 279 cm³/mol. The number of alkyl halides is 1. The van der Waals surface area contributed by atoms with Crippen LogP contribution in [0.25, 0.3) is 0 Å². The Morgan fingerprint density at radius 3 is 1.29 bits per heavy atom. The highest BCUT2D eigenvalue weighted by molar-refractivity contribution is 9.10. The molecular formula is C51H76BrN13O10. The average molecular weight is 1110 g/mol. The van der Waals surface area contributed by atoms with E-state index in [2.05, 4.69) is 58.7 Å². The number of likely N-dealkylation sites (tertiary alicyclic amines) is 2. The third kappa shape index (κ3) is 18.6. The molecule has 6 aliphatic heterocycles. The van der Waals surface area contributed by atoms with Crippen LogP contribution in [0.2, 0.25) is 0 Å². The number of ether oxygens (including phenoxy) is 2. The van der Waals surface area contributed by atoms with E-state index in [9.17, 15) is 38.4 Å². The van der Waals surface area contributed by atoms with Crippen molar-refractivity contribution in [2.45, 2.75) is 166 Å². The topological polar surface area (TPSA) is 289 Å². The van der Waals surface area contributed by atoms with Crippen molar-refractivity contribution in [3.63, 3.8) is 0 Å². The second-order valence-electron chi connectivity index (χ2n) is 21.9. The molecule has 0 spiro atoms. The summed E-state index contributed by atoms with van der Waals surface area (Å²) in [7, 11) is 0. The Kier molecular flexibility index (Phi) is 20.6. The molecule has 0 bridgehead atoms. The van der Waals surface area contributed by atoms with Crippen molar-refractivity contribution in [2.24, 2.45) is 11.8 Å². The van der Waals surface area contributed by atoms with Crippen LogP contribution in [0.3, 0.4) is 0 Å². The van der Waals surface area contributed by atoms with E-state index in [4.69, 9.17) is 15.2 Å². The largest absolute Gasteiger partial charge is 0.444 e. The highest BCUT2D eigenvalue weighted by Gasteiger charge is 2.32. The van der Waals surface area contributed by atoms with Gasteiger partial charge >= 0.3 is 12.2 Å². The molecule has 6 aliphatic rings. The summed E-state index contributed by atoms with van der Waals surface area (Å²) in [5.41, 5.74) is 7.49. The summed E-state index contributed by atoms with van der Waals surface area (Å²) in [4.78, 5) is 94.5. The summed E-state index contributed by atoms with van der Waals surface area (Å²) >= 11 is 3.12. The van der Waals surface area contributed by atoms with E-state index in [1.165, 1.54) is 0 Å². The molecule has 6 N–H and O–H groups in total. The monoisotopic (exact) mass is 1110 g/mol. The first-order valence-electron chi connectivity index (χ1n) is 26.2. The number of imide groups is 3. The first kappa shape index (κ1) is 58.1. The Morgan fingerprint density at radius 2 is 0.933 bits per heavy atom. The van der Waals surface area contributed by atoms with E-state index in [-0.39, 0.29) is 70.3 Å². The SMILES string of the molecule is CC(C)(C)OC(=O)N1CCC(n2cc(CC3CCC(=O)NC3=O)cn2)CC1.CC(C)(C)OC(=O)N1CCC(n2cc(N)cn2)CC1.O=C1CCC(Br)C(=O)N1.O=C1CCC(Cc2cnn(C3CCNCC3)c2)C(=O)N1. The zero-order valence-electron chi connectivity index (χ0n) is 44.2. The van der Waals surface area contributed by atoms with Gasteiger partial charge in [-0.2, -0.15) is 15.3 Å². The van der Waals surface area contributed by atoms with Crippen molar-refractivity contribution in [3.05, 3.63) is 48.3 Å². The Balaban J connectivity index is 0.000000171. The number of nitrogens with two attached hydrogens (primary N) is 1. The van der Waals surface area contributed by atoms with Crippen LogP contribution in [-0.4, -0.2) is 142 Å². The maximum atomic E-state index is 12.2. The molecule has 3 atom stereocenters. The molecule has 3 aromatic heterocycles. The van der Waals surface area contributed by atoms with Gasteiger partial charge in [0.15, 0.2) is 0 Å². The number of carbonyl (C=O) groups excluding carboxylic acids is 8. The number of nitrogens with one attached hydrogen (secondary N) is 4. The molecule has 6 saturated heterocycles. The summed E-state index contributed by atoms with van der Waals surface area (Å²) in [5.74, 6) is -1.34. The summed E-state index contributed by atoms with van der Waals surface area (Å²) in [5, 5.41) is 23.5. The molecule has 3 aromatic rings. The number of nitrogens with zero attached hydrogens (tertiary/aromatic N) is 8. The van der Waals surface area contributed by atoms with Crippen molar-refractivity contribution >= 4 is 69.2 Å². The fourth-order valence-electron chi connectivity index (χ4n) is 9.37. The van der Waals surface area contributed by atoms with Crippen molar-refractivity contribution in [2.75, 3.05) is 45.0 Å². The lowest BCUT2D eigenvalue weighted by molar-refractivity contribution is -0.137. The molecule has 24 heteroatoms. The average Bonchev–Trinajstić information content (AvgIpc) is 4.14. The normalized spacial score (nSPS) is 22.3. The highest BCUT2D eigenvalue weighted by atomic mass is 79.9. The first-order valence-corrected chi connectivity index (χ1v) is 27.1. The lowest BCUT2D eigenvalue weighted by Gasteiger charge is -2.33. The van der Waals surface area contributed by atoms with Crippen molar-refractivity contribution in [1.82, 2.24) is 60.4 Å². The van der Waals surface area contributed by atoms with Gasteiger partial charge < -0.3 is 30.3 Å². The van der Waals surface area contributed by atoms with Gasteiger partial charge in [-0.3, -0.25) is 58.8 Å². The number of hydrogen-bond acceptors (Lipinski definition) is 15. The maximum absolute atomic E-state index is 12.2. The molecule has 8 amide bonds. The quantitative estimate of drug-likeness (QED) is 0.159. The zero-order chi connectivity index (χ0) is 54.5. The van der Waals surface area contributed by atoms with Gasteiger partial charge in [-0.1, -0.05) is 15.9 Å². The molecule has 9 heterocycles. The number of amides is 8. The lowest BCUT2D eigenvalue weighted by atomic mass is 9.92. The number of piperidine rings is 6. The Morgan fingerprint density at radius 1 is 0.560 bits per heavy atom. The minimum Gasteiger partial charge on any atom is -0.444 e. The van der Waals surface area contributed by atoms with Gasteiger partial charge in [0, 0.05) is 75.9 Å². The van der Waals surface area contributed by atoms with Crippen LogP contribution in [0, 0.1) is 11.8 Å². The van der Waals surface area contributed by atoms with Crippen LogP contribution in [0.1, 0.15) is 148 Å². The van der Waals surface area contributed by atoms with Gasteiger partial charge in [0.2, 0.25) is 35.4 Å². The summed E-state index contributed by atoms with van der Waals surface area (Å²) in [6.45, 7) is 16.0. The summed E-state index contributed by atoms with van der Waals surface area (Å²) in [6, 6.07) is 1.02. The van der Waals surface area contributed by atoms with Gasteiger partial charge in [-0.05, 0) is 136 Å². The minimum atomic E-state index is -0.485. The van der Waals surface area contributed by atoms with E-state index in [0.717, 1.165) is 62.7 Å². The standard InChI is InChI=1S/C19H28N4O4.C14H20N4O2.C13H22N4O2.C5H6BrNO2/c1-19(2,3)27-18(26)22-8-6-15(7-9-22)23-12-13(11-20-23)10-14-4-5-16(24)21-17(14)25;19-13-2-1-11(14(20)17-13)7-10-8-16-18(9-10)12-3-5-15-6-4-12;1-13(2,3)19-12(18)16-6-4-11(5-7-16)17-9-10(14)8-15-17;6-3-1-2-4(8)7-5(3)9/h11-12,14-15H,4-10H2,1-3H3,(H,21,24,25);8-9,11-12,15H,1-7H2,(H,17,19,20);8-9,11H,4-7,14H2,1-3H3;3H,1-2H2,(H,7,8,9). The number of rotatable bonds is 7. The summed E-state index contributed by atoms with van der Waals surface area (Å²) in [6.07, 6.45) is 20.7. The second kappa shape index (κ2) is 26.5. The van der Waals surface area contributed by atoms with E-state index in [1.54, 1.807) is 22.2 Å². The number of hydrogen-bond donors (Lipinski definition) is 5. The fraction of sp³-hybridized carbons (Fsp3) is 0.667. The number of anilines is 1. The maximum Gasteiger partial charge on any atom is 0.410 e. The molecule has 75 heavy (non-hydrogen) atoms. The van der Waals surface area contributed by atoms with Crippen LogP contribution >= 0.6 is 15.9 Å². The lowest BCUT2D eigenvalue weighted by Crippen LogP contribution is -2.42. The Hall–Kier alpha value is -6.17. The van der Waals surface area contributed by atoms with Gasteiger partial charge in [0.1, 0.15) is 11.2 Å². The number of aromatic nitrogens is 6. The molecule has 23 nitrogen and oxygen atoms in total. The van der Waals surface area contributed by atoms with E-state index in [0.29, 0.717) is 95.3 Å². The fourth-order valence-corrected chi connectivity index (χ4v) is 9.71. The Labute approximate surface area is 446 Å². The molecule has 412 valence electrons. The number of nitrogen functional groups attached to an aromatic ring is 1. The number of halogens is 1. The van der Waals surface area contributed by atoms with Crippen molar-refractivity contribution < 1.29 is 47.8 Å². The zero-order valence-corrected chi connectivity index (χ0v) is 45.8. The van der Waals surface area contributed by atoms with Crippen LogP contribution < -0.4 is 27.0 Å². The molecule has 0 radical (unpaired) electrons. The van der Waals surface area contributed by atoms with E-state index >= 15 is 0 Å². The van der Waals surface area contributed by atoms with Crippen LogP contribution in [0.4, 0.5) is 15.3 Å². The van der Waals surface area contributed by atoms with Gasteiger partial charge in [-0.15, -0.1) is 0 Å². The van der Waals surface area contributed by atoms with Crippen LogP contribution in [0.5, 0.6) is 0 Å². The van der Waals surface area contributed by atoms with Crippen LogP contribution in [0.15, 0.2) is 37.2 Å². The minimum absolute atomic E-state index is 0.0987. The molecule has 6 fully saturated rings. The predicted octanol–water partition coefficient (Wildman–Crippen LogP) is 4.68. The first-order chi connectivity index (χ1) is 35.5. The molecule has 0 aromatic carbocycles. The summed E-state index contributed by atoms with van der Waals surface area (Å²) < 4.78 is 16.7. The van der Waals surface area contributed by atoms with Gasteiger partial charge in [0.05, 0.1) is 47.2 Å². The number of carbonyl (C=O) groups is 8. The second-order valence-corrected chi connectivity index (χ2v) is 23.0. The Bertz CT molecular complexity index is 2450. The van der Waals surface area contributed by atoms with Crippen molar-refractivity contribution in [1.29, 1.82) is 0 Å². The van der Waals surface area contributed by atoms with Crippen LogP contribution in [-0.2, 0) is 51.1 Å². The highest BCUT2D eigenvalue weighted by Crippen LogP contribution is 2.27. The van der Waals surface area contributed by atoms with E-state index < -0.39 is 11.2 Å². The molecule has 3 unspecified atom stereocenters. The third-order valence-corrected chi connectivity index (χ3v) is 14.3. The van der Waals surface area contributed by atoms with Crippen molar-refractivity contribution in [3.8, 4) is 0 Å². The van der Waals surface area contributed by atoms with Gasteiger partial charge in [0.25, 0.3) is 0 Å². The molecule has 0 saturated carbocycles. The molecular weight excluding hydrogens is 1030 g/mol. The molecule has 9 rings (SSSR count). The third-order valence-electron chi connectivity index (χ3n) is 13.4. The van der Waals surface area contributed by atoms with Gasteiger partial charge in [-0.25, -0.2) is 9.59 Å². The molecule has 0 aliphatic carbocycles.